The number of Topliss-reactive ketones (excluding diaryl/α,β-unsaturated/α-hetero) is 1. The van der Waals surface area contributed by atoms with Crippen molar-refractivity contribution in [3.05, 3.63) is 11.6 Å². The van der Waals surface area contributed by atoms with E-state index in [4.69, 9.17) is 9.94 Å². The molecule has 4 aliphatic carbocycles. The summed E-state index contributed by atoms with van der Waals surface area (Å²) in [5, 5.41) is 36.3. The van der Waals surface area contributed by atoms with Crippen molar-refractivity contribution in [3.8, 4) is 0 Å². The van der Waals surface area contributed by atoms with Gasteiger partial charge in [0.1, 0.15) is 5.60 Å². The zero-order valence-corrected chi connectivity index (χ0v) is 21.7. The molecule has 9 nitrogen and oxygen atoms in total. The number of ketones is 1. The van der Waals surface area contributed by atoms with E-state index in [-0.39, 0.29) is 16.6 Å². The predicted octanol–water partition coefficient (Wildman–Crippen LogP) is 2.59. The molecule has 36 heavy (non-hydrogen) atoms. The van der Waals surface area contributed by atoms with E-state index in [1.807, 2.05) is 0 Å². The van der Waals surface area contributed by atoms with E-state index >= 15 is 0 Å². The third-order valence-electron chi connectivity index (χ3n) is 10.2. The lowest BCUT2D eigenvalue weighted by atomic mass is 9.46. The standard InChI is InChI=1S/C27H40N2O7/c1-15(30)23(24(33)34)28-22(32)14-36-29-18-7-10-25(3)17(13-18)5-6-19-20(25)8-11-26(4)21(19)9-12-27(26,35)16(2)31/h13,15,19-21,23,30,35H,5-12,14H2,1-4H3,(H,28,32)(H,33,34)/b29-18+/t15-,19+,20-,21-,23-,25-,26-,27-/m0/s1. The van der Waals surface area contributed by atoms with E-state index in [1.54, 1.807) is 0 Å². The third kappa shape index (κ3) is 4.28. The van der Waals surface area contributed by atoms with Gasteiger partial charge in [-0.1, -0.05) is 24.6 Å². The summed E-state index contributed by atoms with van der Waals surface area (Å²) in [7, 11) is 0. The van der Waals surface area contributed by atoms with Gasteiger partial charge in [0.05, 0.1) is 11.8 Å². The lowest BCUT2D eigenvalue weighted by molar-refractivity contribution is -0.159. The first-order valence-electron chi connectivity index (χ1n) is 13.2. The van der Waals surface area contributed by atoms with Crippen LogP contribution in [0, 0.1) is 28.6 Å². The Labute approximate surface area is 212 Å². The summed E-state index contributed by atoms with van der Waals surface area (Å²) in [6.45, 7) is 6.88. The molecule has 4 rings (SSSR count). The van der Waals surface area contributed by atoms with Gasteiger partial charge in [-0.3, -0.25) is 9.59 Å². The van der Waals surface area contributed by atoms with E-state index in [0.717, 1.165) is 50.7 Å². The molecule has 0 aromatic rings. The number of hydrogen-bond acceptors (Lipinski definition) is 7. The Morgan fingerprint density at radius 2 is 1.83 bits per heavy atom. The van der Waals surface area contributed by atoms with E-state index in [1.165, 1.54) is 19.4 Å². The van der Waals surface area contributed by atoms with Crippen LogP contribution in [0.4, 0.5) is 0 Å². The third-order valence-corrected chi connectivity index (χ3v) is 10.2. The molecule has 3 fully saturated rings. The number of nitrogens with one attached hydrogen (secondary N) is 1. The number of amides is 1. The number of carboxylic acid groups (broad SMARTS) is 1. The average Bonchev–Trinajstić information content (AvgIpc) is 3.09. The van der Waals surface area contributed by atoms with E-state index in [9.17, 15) is 24.6 Å². The molecule has 3 saturated carbocycles. The minimum atomic E-state index is -1.40. The molecule has 0 unspecified atom stereocenters. The van der Waals surface area contributed by atoms with E-state index < -0.39 is 36.2 Å². The second-order valence-electron chi connectivity index (χ2n) is 11.9. The van der Waals surface area contributed by atoms with E-state index in [0.29, 0.717) is 24.2 Å². The first-order chi connectivity index (χ1) is 16.8. The Morgan fingerprint density at radius 1 is 1.14 bits per heavy atom. The maximum absolute atomic E-state index is 12.4. The van der Waals surface area contributed by atoms with Crippen LogP contribution in [0.15, 0.2) is 16.8 Å². The van der Waals surface area contributed by atoms with Crippen LogP contribution >= 0.6 is 0 Å². The number of fused-ring (bicyclic) bond motifs is 5. The molecule has 200 valence electrons. The SMILES string of the molecule is CC(=O)[C@@]1(O)CC[C@H]2[C@@H]3CCC4=C/C(=N/OCC(=O)N[C@H](C(=O)O)[C@H](C)O)CC[C@]4(C)[C@H]3CC[C@@]21C. The van der Waals surface area contributed by atoms with Gasteiger partial charge in [0.15, 0.2) is 18.4 Å². The van der Waals surface area contributed by atoms with Crippen molar-refractivity contribution < 1.29 is 34.5 Å². The second-order valence-corrected chi connectivity index (χ2v) is 11.9. The molecular formula is C27H40N2O7. The Balaban J connectivity index is 1.42. The topological polar surface area (TPSA) is 146 Å². The summed E-state index contributed by atoms with van der Waals surface area (Å²) < 4.78 is 0. The number of carbonyl (C=O) groups is 3. The van der Waals surface area contributed by atoms with Gasteiger partial charge in [-0.2, -0.15) is 0 Å². The minimum Gasteiger partial charge on any atom is -0.480 e. The molecule has 1 amide bonds. The van der Waals surface area contributed by atoms with Gasteiger partial charge in [0, 0.05) is 5.41 Å². The van der Waals surface area contributed by atoms with Crippen LogP contribution in [0.25, 0.3) is 0 Å². The maximum Gasteiger partial charge on any atom is 0.328 e. The summed E-state index contributed by atoms with van der Waals surface area (Å²) in [5.41, 5.74) is 0.622. The first-order valence-corrected chi connectivity index (χ1v) is 13.2. The summed E-state index contributed by atoms with van der Waals surface area (Å²) in [5.74, 6) is -0.709. The fourth-order valence-corrected chi connectivity index (χ4v) is 8.01. The Bertz CT molecular complexity index is 991. The molecule has 9 heteroatoms. The van der Waals surface area contributed by atoms with Crippen molar-refractivity contribution >= 4 is 23.4 Å². The predicted molar refractivity (Wildman–Crippen MR) is 132 cm³/mol. The van der Waals surface area contributed by atoms with E-state index in [2.05, 4.69) is 30.4 Å². The normalized spacial score (nSPS) is 40.2. The van der Waals surface area contributed by atoms with Gasteiger partial charge in [-0.05, 0) is 94.5 Å². The van der Waals surface area contributed by atoms with Gasteiger partial charge in [-0.25, -0.2) is 4.79 Å². The zero-order valence-electron chi connectivity index (χ0n) is 21.7. The minimum absolute atomic E-state index is 0.0452. The van der Waals surface area contributed by atoms with Gasteiger partial charge in [0.2, 0.25) is 0 Å². The second kappa shape index (κ2) is 9.56. The van der Waals surface area contributed by atoms with Gasteiger partial charge in [-0.15, -0.1) is 0 Å². The summed E-state index contributed by atoms with van der Waals surface area (Å²) in [6, 6.07) is -1.40. The molecule has 0 spiro atoms. The summed E-state index contributed by atoms with van der Waals surface area (Å²) >= 11 is 0. The maximum atomic E-state index is 12.4. The van der Waals surface area contributed by atoms with Gasteiger partial charge in [0.25, 0.3) is 5.91 Å². The highest BCUT2D eigenvalue weighted by atomic mass is 16.6. The number of carboxylic acids is 1. The number of allylic oxidation sites excluding steroid dienone is 2. The van der Waals surface area contributed by atoms with Crippen LogP contribution < -0.4 is 5.32 Å². The number of carbonyl (C=O) groups excluding carboxylic acids is 2. The van der Waals surface area contributed by atoms with Crippen molar-refractivity contribution in [2.45, 2.75) is 96.8 Å². The van der Waals surface area contributed by atoms with Gasteiger partial charge >= 0.3 is 5.97 Å². The first kappa shape index (κ1) is 26.8. The Hall–Kier alpha value is -2.26. The monoisotopic (exact) mass is 504 g/mol. The van der Waals surface area contributed by atoms with Crippen LogP contribution in [-0.4, -0.2) is 63.0 Å². The number of rotatable bonds is 7. The van der Waals surface area contributed by atoms with Gasteiger partial charge < -0.3 is 25.5 Å². The number of aliphatic carboxylic acids is 1. The summed E-state index contributed by atoms with van der Waals surface area (Å²) in [4.78, 5) is 40.8. The largest absolute Gasteiger partial charge is 0.480 e. The van der Waals surface area contributed by atoms with Crippen LogP contribution in [0.2, 0.25) is 0 Å². The zero-order chi connectivity index (χ0) is 26.5. The Morgan fingerprint density at radius 3 is 2.47 bits per heavy atom. The fourth-order valence-electron chi connectivity index (χ4n) is 8.01. The highest BCUT2D eigenvalue weighted by Gasteiger charge is 2.65. The highest BCUT2D eigenvalue weighted by molar-refractivity contribution is 5.96. The molecular weight excluding hydrogens is 464 g/mol. The molecule has 0 bridgehead atoms. The number of aliphatic hydroxyl groups is 2. The van der Waals surface area contributed by atoms with Crippen LogP contribution in [0.1, 0.15) is 79.1 Å². The van der Waals surface area contributed by atoms with Crippen molar-refractivity contribution in [2.24, 2.45) is 33.7 Å². The number of nitrogens with zero attached hydrogens (tertiary/aromatic N) is 1. The lowest BCUT2D eigenvalue weighted by Crippen LogP contribution is -2.57. The molecule has 0 aromatic heterocycles. The van der Waals surface area contributed by atoms with Crippen LogP contribution in [0.5, 0.6) is 0 Å². The Kier molecular flexibility index (Phi) is 7.11. The molecule has 8 atom stereocenters. The highest BCUT2D eigenvalue weighted by Crippen LogP contribution is 2.67. The molecule has 0 heterocycles. The van der Waals surface area contributed by atoms with Crippen LogP contribution in [-0.2, 0) is 19.2 Å². The number of aliphatic hydroxyl groups excluding tert-OH is 1. The molecule has 4 aliphatic rings. The van der Waals surface area contributed by atoms with Crippen molar-refractivity contribution in [3.63, 3.8) is 0 Å². The lowest BCUT2D eigenvalue weighted by Gasteiger charge is -2.59. The smallest absolute Gasteiger partial charge is 0.328 e. The number of oxime groups is 1. The van der Waals surface area contributed by atoms with Crippen molar-refractivity contribution in [1.82, 2.24) is 5.32 Å². The van der Waals surface area contributed by atoms with Crippen molar-refractivity contribution in [1.29, 1.82) is 0 Å². The molecule has 0 radical (unpaired) electrons. The molecule has 0 aromatic carbocycles. The molecule has 0 aliphatic heterocycles. The molecule has 0 saturated heterocycles. The van der Waals surface area contributed by atoms with Crippen molar-refractivity contribution in [2.75, 3.05) is 6.61 Å². The molecule has 4 N–H and O–H groups in total. The van der Waals surface area contributed by atoms with Crippen LogP contribution in [0.3, 0.4) is 0 Å². The fraction of sp³-hybridized carbons (Fsp3) is 0.778. The average molecular weight is 505 g/mol. The number of hydrogen-bond donors (Lipinski definition) is 4. The summed E-state index contributed by atoms with van der Waals surface area (Å²) in [6.07, 6.45) is 7.83. The quantitative estimate of drug-likeness (QED) is 0.390.